The van der Waals surface area contributed by atoms with Gasteiger partial charge in [0.05, 0.1) is 30.5 Å². The van der Waals surface area contributed by atoms with Crippen LogP contribution in [0.5, 0.6) is 0 Å². The molecule has 2 amide bonds. The van der Waals surface area contributed by atoms with Gasteiger partial charge in [0.25, 0.3) is 0 Å². The second-order valence-electron chi connectivity index (χ2n) is 9.18. The van der Waals surface area contributed by atoms with E-state index in [1.54, 1.807) is 38.9 Å². The summed E-state index contributed by atoms with van der Waals surface area (Å²) < 4.78 is 60.1. The second-order valence-corrected chi connectivity index (χ2v) is 9.18. The topological polar surface area (TPSA) is 50.6 Å². The van der Waals surface area contributed by atoms with Crippen LogP contribution in [-0.4, -0.2) is 65.0 Å². The van der Waals surface area contributed by atoms with Crippen LogP contribution in [0.25, 0.3) is 11.3 Å². The van der Waals surface area contributed by atoms with Crippen molar-refractivity contribution < 1.29 is 27.1 Å². The van der Waals surface area contributed by atoms with Crippen molar-refractivity contribution in [1.29, 1.82) is 0 Å². The number of piperidine rings is 1. The van der Waals surface area contributed by atoms with Crippen molar-refractivity contribution in [2.75, 3.05) is 39.4 Å². The Bertz CT molecular complexity index is 1210. The Morgan fingerprint density at radius 2 is 1.72 bits per heavy atom. The smallest absolute Gasteiger partial charge is 0.378 e. The molecule has 0 radical (unpaired) electrons. The van der Waals surface area contributed by atoms with Crippen LogP contribution in [0.15, 0.2) is 60.8 Å². The molecule has 3 heterocycles. The Hall–Kier alpha value is -3.40. The van der Waals surface area contributed by atoms with Crippen LogP contribution in [0.3, 0.4) is 0 Å². The predicted octanol–water partition coefficient (Wildman–Crippen LogP) is 5.19. The number of nitrogens with zero attached hydrogens (tertiary/aromatic N) is 4. The van der Waals surface area contributed by atoms with Gasteiger partial charge in [0.1, 0.15) is 5.82 Å². The molecule has 0 bridgehead atoms. The zero-order valence-corrected chi connectivity index (χ0v) is 19.5. The fourth-order valence-electron chi connectivity index (χ4n) is 4.90. The lowest BCUT2D eigenvalue weighted by atomic mass is 9.87. The number of carbonyl (C=O) groups is 1. The van der Waals surface area contributed by atoms with Crippen molar-refractivity contribution in [3.8, 4) is 11.3 Å². The molecule has 2 unspecified atom stereocenters. The summed E-state index contributed by atoms with van der Waals surface area (Å²) in [4.78, 5) is 16.8. The van der Waals surface area contributed by atoms with Gasteiger partial charge in [0.15, 0.2) is 0 Å². The second kappa shape index (κ2) is 9.93. The van der Waals surface area contributed by atoms with Gasteiger partial charge in [0, 0.05) is 43.9 Å². The Balaban J connectivity index is 1.42. The molecule has 2 fully saturated rings. The maximum atomic E-state index is 13.7. The molecule has 1 aromatic heterocycles. The van der Waals surface area contributed by atoms with Gasteiger partial charge in [-0.2, -0.15) is 18.3 Å². The van der Waals surface area contributed by atoms with Crippen LogP contribution < -0.4 is 0 Å². The molecular formula is C26H26F4N4O2. The molecule has 2 saturated heterocycles. The third-order valence-electron chi connectivity index (χ3n) is 6.79. The average Bonchev–Trinajstić information content (AvgIpc) is 3.39. The minimum absolute atomic E-state index is 0.113. The number of hydrogen-bond donors (Lipinski definition) is 0. The number of carbonyl (C=O) groups excluding carboxylic acids is 1. The zero-order valence-electron chi connectivity index (χ0n) is 19.5. The van der Waals surface area contributed by atoms with Gasteiger partial charge in [-0.3, -0.25) is 4.68 Å². The molecule has 0 aliphatic carbocycles. The quantitative estimate of drug-likeness (QED) is 0.463. The summed E-state index contributed by atoms with van der Waals surface area (Å²) in [6.45, 7) is 2.75. The highest BCUT2D eigenvalue weighted by Gasteiger charge is 2.35. The van der Waals surface area contributed by atoms with Crippen LogP contribution in [-0.2, 0) is 10.9 Å². The van der Waals surface area contributed by atoms with Gasteiger partial charge in [-0.05, 0) is 42.3 Å². The largest absolute Gasteiger partial charge is 0.416 e. The van der Waals surface area contributed by atoms with Crippen molar-refractivity contribution >= 4 is 6.03 Å². The van der Waals surface area contributed by atoms with Crippen molar-refractivity contribution in [3.63, 3.8) is 0 Å². The van der Waals surface area contributed by atoms with Crippen LogP contribution in [0.1, 0.15) is 29.5 Å². The third kappa shape index (κ3) is 5.23. The molecular weight excluding hydrogens is 476 g/mol. The Morgan fingerprint density at radius 1 is 0.972 bits per heavy atom. The molecule has 2 atom stereocenters. The Kier molecular flexibility index (Phi) is 6.70. The number of benzene rings is 2. The van der Waals surface area contributed by atoms with Crippen molar-refractivity contribution in [3.05, 3.63) is 77.7 Å². The molecule has 0 N–H and O–H groups in total. The first-order valence-corrected chi connectivity index (χ1v) is 11.9. The van der Waals surface area contributed by atoms with E-state index in [0.717, 1.165) is 17.7 Å². The van der Waals surface area contributed by atoms with Crippen LogP contribution in [0.2, 0.25) is 0 Å². The summed E-state index contributed by atoms with van der Waals surface area (Å²) in [5.74, 6) is -0.526. The molecule has 36 heavy (non-hydrogen) atoms. The molecule has 0 saturated carbocycles. The highest BCUT2D eigenvalue weighted by Crippen LogP contribution is 2.36. The fourth-order valence-corrected chi connectivity index (χ4v) is 4.90. The Labute approximate surface area is 206 Å². The number of aromatic nitrogens is 2. The van der Waals surface area contributed by atoms with Crippen LogP contribution in [0.4, 0.5) is 22.4 Å². The maximum Gasteiger partial charge on any atom is 0.416 e. The van der Waals surface area contributed by atoms with E-state index in [1.165, 1.54) is 24.3 Å². The van der Waals surface area contributed by atoms with Crippen LogP contribution in [0, 0.1) is 5.82 Å². The monoisotopic (exact) mass is 502 g/mol. The van der Waals surface area contributed by atoms with E-state index >= 15 is 0 Å². The van der Waals surface area contributed by atoms with E-state index < -0.39 is 11.7 Å². The zero-order chi connectivity index (χ0) is 25.3. The number of hydrogen-bond acceptors (Lipinski definition) is 3. The van der Waals surface area contributed by atoms with Gasteiger partial charge in [-0.15, -0.1) is 0 Å². The summed E-state index contributed by atoms with van der Waals surface area (Å²) in [6.07, 6.45) is -2.01. The van der Waals surface area contributed by atoms with E-state index in [2.05, 4.69) is 5.10 Å². The number of ether oxygens (including phenoxy) is 1. The molecule has 10 heteroatoms. The molecule has 3 aromatic rings. The molecule has 2 aliphatic rings. The first kappa shape index (κ1) is 24.3. The fraction of sp³-hybridized carbons (Fsp3) is 0.385. The predicted molar refractivity (Wildman–Crippen MR) is 125 cm³/mol. The summed E-state index contributed by atoms with van der Waals surface area (Å²) >= 11 is 0. The van der Waals surface area contributed by atoms with E-state index in [1.807, 2.05) is 0 Å². The van der Waals surface area contributed by atoms with Gasteiger partial charge in [0.2, 0.25) is 0 Å². The van der Waals surface area contributed by atoms with E-state index in [-0.39, 0.29) is 23.8 Å². The minimum Gasteiger partial charge on any atom is -0.378 e. The van der Waals surface area contributed by atoms with E-state index in [0.29, 0.717) is 57.1 Å². The van der Waals surface area contributed by atoms with Crippen molar-refractivity contribution in [2.24, 2.45) is 0 Å². The van der Waals surface area contributed by atoms with Crippen molar-refractivity contribution in [1.82, 2.24) is 19.6 Å². The normalized spacial score (nSPS) is 21.0. The number of alkyl halides is 3. The number of urea groups is 1. The molecule has 6 nitrogen and oxygen atoms in total. The number of amides is 2. The molecule has 5 rings (SSSR count). The lowest BCUT2D eigenvalue weighted by Crippen LogP contribution is -2.52. The summed E-state index contributed by atoms with van der Waals surface area (Å²) in [5, 5.41) is 4.66. The number of rotatable bonds is 3. The van der Waals surface area contributed by atoms with Crippen molar-refractivity contribution in [2.45, 2.75) is 24.6 Å². The first-order valence-electron chi connectivity index (χ1n) is 11.9. The standard InChI is InChI=1S/C26H26F4N4O2/c27-22-3-1-2-19(14-22)24-8-9-34(31-24)23-15-20(18-4-6-21(7-5-18)26(28,29)30)16-33(17-23)25(35)32-10-12-36-13-11-32/h1-9,14,20,23H,10-13,15-17H2. The van der Waals surface area contributed by atoms with Gasteiger partial charge in [-0.25, -0.2) is 9.18 Å². The molecule has 0 spiro atoms. The highest BCUT2D eigenvalue weighted by molar-refractivity contribution is 5.75. The van der Waals surface area contributed by atoms with Gasteiger partial charge >= 0.3 is 12.2 Å². The molecule has 2 aromatic carbocycles. The lowest BCUT2D eigenvalue weighted by Gasteiger charge is -2.41. The molecule has 2 aliphatic heterocycles. The number of morpholine rings is 1. The van der Waals surface area contributed by atoms with Crippen LogP contribution >= 0.6 is 0 Å². The Morgan fingerprint density at radius 3 is 2.42 bits per heavy atom. The number of likely N-dealkylation sites (tertiary alicyclic amines) is 1. The average molecular weight is 503 g/mol. The summed E-state index contributed by atoms with van der Waals surface area (Å²) in [7, 11) is 0. The highest BCUT2D eigenvalue weighted by atomic mass is 19.4. The summed E-state index contributed by atoms with van der Waals surface area (Å²) in [5.41, 5.74) is 1.29. The lowest BCUT2D eigenvalue weighted by molar-refractivity contribution is -0.137. The van der Waals surface area contributed by atoms with E-state index in [9.17, 15) is 22.4 Å². The maximum absolute atomic E-state index is 13.7. The number of halogens is 4. The first-order chi connectivity index (χ1) is 17.3. The van der Waals surface area contributed by atoms with Gasteiger partial charge in [-0.1, -0.05) is 24.3 Å². The summed E-state index contributed by atoms with van der Waals surface area (Å²) in [6, 6.07) is 12.8. The minimum atomic E-state index is -4.41. The third-order valence-corrected chi connectivity index (χ3v) is 6.79. The van der Waals surface area contributed by atoms with E-state index in [4.69, 9.17) is 4.74 Å². The SMILES string of the molecule is O=C(N1CCOCC1)N1CC(c2ccc(C(F)(F)F)cc2)CC(n2ccc(-c3cccc(F)c3)n2)C1. The van der Waals surface area contributed by atoms with Gasteiger partial charge < -0.3 is 14.5 Å². The molecule has 190 valence electrons.